The van der Waals surface area contributed by atoms with Crippen LogP contribution in [0.2, 0.25) is 0 Å². The van der Waals surface area contributed by atoms with Gasteiger partial charge in [0.15, 0.2) is 11.6 Å². The predicted molar refractivity (Wildman–Crippen MR) is 65.2 cm³/mol. The predicted octanol–water partition coefficient (Wildman–Crippen LogP) is 2.53. The van der Waals surface area contributed by atoms with Crippen molar-refractivity contribution in [1.82, 2.24) is 4.90 Å². The van der Waals surface area contributed by atoms with Crippen LogP contribution in [-0.4, -0.2) is 35.0 Å². The number of rotatable bonds is 4. The number of amides is 1. The molecule has 1 rings (SSSR count). The third-order valence-corrected chi connectivity index (χ3v) is 3.09. The summed E-state index contributed by atoms with van der Waals surface area (Å²) in [6.07, 6.45) is 0.661. The van der Waals surface area contributed by atoms with Crippen LogP contribution >= 0.6 is 0 Å². The van der Waals surface area contributed by atoms with Crippen molar-refractivity contribution >= 4 is 11.9 Å². The second-order valence-electron chi connectivity index (χ2n) is 4.29. The molecule has 4 nitrogen and oxygen atoms in total. The first-order valence-electron chi connectivity index (χ1n) is 5.79. The Morgan fingerprint density at radius 3 is 2.16 bits per heavy atom. The van der Waals surface area contributed by atoms with Gasteiger partial charge < -0.3 is 10.0 Å². The average molecular weight is 271 g/mol. The third-order valence-electron chi connectivity index (χ3n) is 3.09. The van der Waals surface area contributed by atoms with Gasteiger partial charge in [-0.1, -0.05) is 6.92 Å². The van der Waals surface area contributed by atoms with E-state index in [-0.39, 0.29) is 11.6 Å². The number of carboxylic acids is 1. The van der Waals surface area contributed by atoms with Crippen LogP contribution < -0.4 is 0 Å². The van der Waals surface area contributed by atoms with E-state index in [1.165, 1.54) is 11.9 Å². The summed E-state index contributed by atoms with van der Waals surface area (Å²) in [5.41, 5.74) is -0.895. The Morgan fingerprint density at radius 1 is 1.26 bits per heavy atom. The third kappa shape index (κ3) is 3.07. The van der Waals surface area contributed by atoms with Gasteiger partial charge >= 0.3 is 5.97 Å². The topological polar surface area (TPSA) is 57.6 Å². The standard InChI is InChI=1S/C13H15F2NO3/c1-4-7(2)16(3)12(17)8-5-10(14)11(15)6-9(8)13(18)19/h5-7H,4H2,1-3H3,(H,18,19). The largest absolute Gasteiger partial charge is 0.478 e. The summed E-state index contributed by atoms with van der Waals surface area (Å²) in [5, 5.41) is 8.95. The Labute approximate surface area is 109 Å². The molecule has 19 heavy (non-hydrogen) atoms. The number of benzene rings is 1. The molecule has 1 atom stereocenters. The number of aromatic carboxylic acids is 1. The van der Waals surface area contributed by atoms with E-state index in [0.29, 0.717) is 18.6 Å². The summed E-state index contributed by atoms with van der Waals surface area (Å²) in [6, 6.07) is 1.01. The van der Waals surface area contributed by atoms with Crippen LogP contribution in [0.1, 0.15) is 41.0 Å². The smallest absolute Gasteiger partial charge is 0.336 e. The zero-order valence-electron chi connectivity index (χ0n) is 10.9. The summed E-state index contributed by atoms with van der Waals surface area (Å²) in [5.74, 6) is -4.66. The van der Waals surface area contributed by atoms with Crippen molar-refractivity contribution in [2.45, 2.75) is 26.3 Å². The van der Waals surface area contributed by atoms with Gasteiger partial charge in [-0.05, 0) is 25.5 Å². The molecule has 0 aliphatic rings. The molecule has 1 N–H and O–H groups in total. The van der Waals surface area contributed by atoms with Gasteiger partial charge in [0, 0.05) is 13.1 Å². The highest BCUT2D eigenvalue weighted by molar-refractivity contribution is 6.04. The lowest BCUT2D eigenvalue weighted by Crippen LogP contribution is -2.35. The van der Waals surface area contributed by atoms with Gasteiger partial charge in [0.2, 0.25) is 0 Å². The van der Waals surface area contributed by atoms with E-state index >= 15 is 0 Å². The Balaban J connectivity index is 3.29. The van der Waals surface area contributed by atoms with Crippen LogP contribution in [0.4, 0.5) is 8.78 Å². The zero-order chi connectivity index (χ0) is 14.7. The summed E-state index contributed by atoms with van der Waals surface area (Å²) in [6.45, 7) is 3.63. The quantitative estimate of drug-likeness (QED) is 0.915. The summed E-state index contributed by atoms with van der Waals surface area (Å²) in [7, 11) is 1.49. The number of hydrogen-bond donors (Lipinski definition) is 1. The maximum absolute atomic E-state index is 13.2. The second-order valence-corrected chi connectivity index (χ2v) is 4.29. The van der Waals surface area contributed by atoms with Crippen LogP contribution in [0, 0.1) is 11.6 Å². The maximum atomic E-state index is 13.2. The first-order valence-corrected chi connectivity index (χ1v) is 5.79. The van der Waals surface area contributed by atoms with Crippen LogP contribution in [0.15, 0.2) is 12.1 Å². The van der Waals surface area contributed by atoms with E-state index in [1.807, 2.05) is 6.92 Å². The molecule has 6 heteroatoms. The normalized spacial score (nSPS) is 12.1. The Kier molecular flexibility index (Phi) is 4.58. The molecule has 0 aliphatic heterocycles. The molecule has 0 radical (unpaired) electrons. The van der Waals surface area contributed by atoms with E-state index < -0.39 is 29.1 Å². The molecule has 0 bridgehead atoms. The lowest BCUT2D eigenvalue weighted by molar-refractivity contribution is 0.0670. The SMILES string of the molecule is CCC(C)N(C)C(=O)c1cc(F)c(F)cc1C(=O)O. The monoisotopic (exact) mass is 271 g/mol. The van der Waals surface area contributed by atoms with Gasteiger partial charge in [-0.25, -0.2) is 13.6 Å². The van der Waals surface area contributed by atoms with E-state index in [1.54, 1.807) is 6.92 Å². The number of carboxylic acid groups (broad SMARTS) is 1. The molecule has 104 valence electrons. The first-order chi connectivity index (χ1) is 8.79. The molecule has 0 spiro atoms. The number of halogens is 2. The molecule has 0 saturated heterocycles. The molecule has 1 unspecified atom stereocenters. The van der Waals surface area contributed by atoms with Crippen molar-refractivity contribution in [2.24, 2.45) is 0 Å². The van der Waals surface area contributed by atoms with Crippen molar-refractivity contribution in [2.75, 3.05) is 7.05 Å². The van der Waals surface area contributed by atoms with Gasteiger partial charge in [-0.2, -0.15) is 0 Å². The molecular formula is C13H15F2NO3. The zero-order valence-corrected chi connectivity index (χ0v) is 10.9. The summed E-state index contributed by atoms with van der Waals surface area (Å²) in [4.78, 5) is 24.4. The number of carbonyl (C=O) groups excluding carboxylic acids is 1. The van der Waals surface area contributed by atoms with E-state index in [0.717, 1.165) is 0 Å². The highest BCUT2D eigenvalue weighted by Gasteiger charge is 2.24. The van der Waals surface area contributed by atoms with Crippen LogP contribution in [0.5, 0.6) is 0 Å². The summed E-state index contributed by atoms with van der Waals surface area (Å²) >= 11 is 0. The lowest BCUT2D eigenvalue weighted by atomic mass is 10.0. The van der Waals surface area contributed by atoms with Crippen molar-refractivity contribution in [1.29, 1.82) is 0 Å². The van der Waals surface area contributed by atoms with Gasteiger partial charge in [0.1, 0.15) is 0 Å². The lowest BCUT2D eigenvalue weighted by Gasteiger charge is -2.24. The van der Waals surface area contributed by atoms with E-state index in [2.05, 4.69) is 0 Å². The molecule has 0 fully saturated rings. The molecule has 1 aromatic rings. The van der Waals surface area contributed by atoms with Crippen LogP contribution in [-0.2, 0) is 0 Å². The Hall–Kier alpha value is -1.98. The maximum Gasteiger partial charge on any atom is 0.336 e. The molecule has 1 aromatic carbocycles. The Bertz CT molecular complexity index is 517. The van der Waals surface area contributed by atoms with Crippen LogP contribution in [0.25, 0.3) is 0 Å². The molecule has 0 heterocycles. The van der Waals surface area contributed by atoms with Crippen LogP contribution in [0.3, 0.4) is 0 Å². The van der Waals surface area contributed by atoms with Crippen molar-refractivity contribution in [3.63, 3.8) is 0 Å². The van der Waals surface area contributed by atoms with Crippen molar-refractivity contribution in [3.05, 3.63) is 34.9 Å². The van der Waals surface area contributed by atoms with Gasteiger partial charge in [0.05, 0.1) is 11.1 Å². The molecule has 1 amide bonds. The summed E-state index contributed by atoms with van der Waals surface area (Å²) < 4.78 is 26.2. The van der Waals surface area contributed by atoms with Gasteiger partial charge in [-0.3, -0.25) is 4.79 Å². The minimum atomic E-state index is -1.47. The minimum Gasteiger partial charge on any atom is -0.478 e. The van der Waals surface area contributed by atoms with Gasteiger partial charge in [-0.15, -0.1) is 0 Å². The van der Waals surface area contributed by atoms with E-state index in [4.69, 9.17) is 5.11 Å². The Morgan fingerprint density at radius 2 is 1.74 bits per heavy atom. The second kappa shape index (κ2) is 5.77. The fourth-order valence-electron chi connectivity index (χ4n) is 1.56. The molecule has 0 aromatic heterocycles. The molecule has 0 aliphatic carbocycles. The highest BCUT2D eigenvalue weighted by atomic mass is 19.2. The number of carbonyl (C=O) groups is 2. The minimum absolute atomic E-state index is 0.137. The fraction of sp³-hybridized carbons (Fsp3) is 0.385. The molecular weight excluding hydrogens is 256 g/mol. The molecule has 0 saturated carbocycles. The average Bonchev–Trinajstić information content (AvgIpc) is 2.38. The number of nitrogens with zero attached hydrogens (tertiary/aromatic N) is 1. The van der Waals surface area contributed by atoms with Crippen molar-refractivity contribution in [3.8, 4) is 0 Å². The fourth-order valence-corrected chi connectivity index (χ4v) is 1.56. The number of hydrogen-bond acceptors (Lipinski definition) is 2. The van der Waals surface area contributed by atoms with Crippen molar-refractivity contribution < 1.29 is 23.5 Å². The van der Waals surface area contributed by atoms with Gasteiger partial charge in [0.25, 0.3) is 5.91 Å². The highest BCUT2D eigenvalue weighted by Crippen LogP contribution is 2.18. The first kappa shape index (κ1) is 15.1. The van der Waals surface area contributed by atoms with E-state index in [9.17, 15) is 18.4 Å².